The molecule has 0 amide bonds. The van der Waals surface area contributed by atoms with Crippen LogP contribution in [-0.4, -0.2) is 15.0 Å². The fourth-order valence-corrected chi connectivity index (χ4v) is 3.42. The fourth-order valence-electron chi connectivity index (χ4n) is 3.42. The molecule has 24 heavy (non-hydrogen) atoms. The summed E-state index contributed by atoms with van der Waals surface area (Å²) in [7, 11) is 0. The van der Waals surface area contributed by atoms with E-state index >= 15 is 0 Å². The number of hydrogen-bond acceptors (Lipinski definition) is 3. The van der Waals surface area contributed by atoms with Crippen molar-refractivity contribution in [2.75, 3.05) is 0 Å². The topological polar surface area (TPSA) is 53.6 Å². The Kier molecular flexibility index (Phi) is 2.73. The van der Waals surface area contributed by atoms with Crippen LogP contribution in [0.3, 0.4) is 0 Å². The smallest absolute Gasteiger partial charge is 0.138 e. The number of H-pyrrole nitrogens is 1. The van der Waals surface area contributed by atoms with Gasteiger partial charge in [0.2, 0.25) is 0 Å². The molecule has 1 unspecified atom stereocenters. The van der Waals surface area contributed by atoms with E-state index in [2.05, 4.69) is 58.6 Å². The monoisotopic (exact) mass is 312 g/mol. The zero-order valence-corrected chi connectivity index (χ0v) is 13.2. The van der Waals surface area contributed by atoms with Gasteiger partial charge in [-0.25, -0.2) is 4.98 Å². The summed E-state index contributed by atoms with van der Waals surface area (Å²) >= 11 is 0. The lowest BCUT2D eigenvalue weighted by molar-refractivity contribution is 0.732. The van der Waals surface area contributed by atoms with Crippen molar-refractivity contribution < 1.29 is 0 Å². The average Bonchev–Trinajstić information content (AvgIpc) is 3.08. The fraction of sp³-hybridized carbons (Fsp3) is 0.100. The molecule has 4 heteroatoms. The van der Waals surface area contributed by atoms with Crippen LogP contribution >= 0.6 is 0 Å². The maximum absolute atomic E-state index is 4.91. The van der Waals surface area contributed by atoms with Gasteiger partial charge in [-0.15, -0.1) is 0 Å². The molecule has 2 N–H and O–H groups in total. The molecule has 1 aliphatic carbocycles. The highest BCUT2D eigenvalue weighted by atomic mass is 15.0. The molecule has 116 valence electrons. The Labute approximate surface area is 140 Å². The van der Waals surface area contributed by atoms with Crippen molar-refractivity contribution in [2.24, 2.45) is 0 Å². The van der Waals surface area contributed by atoms with Gasteiger partial charge < -0.3 is 10.3 Å². The Morgan fingerprint density at radius 1 is 1.08 bits per heavy atom. The Balaban J connectivity index is 1.74. The van der Waals surface area contributed by atoms with E-state index in [0.717, 1.165) is 39.6 Å². The molecule has 4 nitrogen and oxygen atoms in total. The van der Waals surface area contributed by atoms with E-state index in [4.69, 9.17) is 4.98 Å². The predicted octanol–water partition coefficient (Wildman–Crippen LogP) is 4.00. The van der Waals surface area contributed by atoms with E-state index in [9.17, 15) is 0 Å². The Morgan fingerprint density at radius 3 is 2.83 bits per heavy atom. The highest BCUT2D eigenvalue weighted by Crippen LogP contribution is 2.44. The lowest BCUT2D eigenvalue weighted by atomic mass is 9.87. The molecule has 0 spiro atoms. The van der Waals surface area contributed by atoms with Gasteiger partial charge in [0.1, 0.15) is 5.82 Å². The molecule has 1 aliphatic heterocycles. The van der Waals surface area contributed by atoms with E-state index in [1.165, 1.54) is 5.56 Å². The molecule has 2 aliphatic rings. The standard InChI is InChI=1S/C20H16N4/c1-12-6-8-13(9-7-12)20-23-18-14-4-2-10-21-16(14)17-15(19(18)24-20)5-3-11-22-17/h2-11,16,21H,1H3,(H,23,24). The number of aromatic amines is 1. The first-order valence-corrected chi connectivity index (χ1v) is 8.07. The predicted molar refractivity (Wildman–Crippen MR) is 95.0 cm³/mol. The van der Waals surface area contributed by atoms with E-state index in [1.807, 2.05) is 24.5 Å². The number of benzene rings is 1. The third kappa shape index (κ3) is 1.86. The van der Waals surface area contributed by atoms with Crippen molar-refractivity contribution in [3.63, 3.8) is 0 Å². The van der Waals surface area contributed by atoms with Crippen LogP contribution in [0, 0.1) is 6.92 Å². The molecular formula is C20H16N4. The van der Waals surface area contributed by atoms with Crippen molar-refractivity contribution in [2.45, 2.75) is 13.0 Å². The van der Waals surface area contributed by atoms with E-state index < -0.39 is 0 Å². The Morgan fingerprint density at radius 2 is 1.96 bits per heavy atom. The SMILES string of the molecule is Cc1ccc(-c2nc3c([nH]2)-c2cccnc2C2NC=CC=C32)cc1. The van der Waals surface area contributed by atoms with Crippen molar-refractivity contribution in [3.05, 3.63) is 77.9 Å². The number of allylic oxidation sites excluding steroid dienone is 2. The summed E-state index contributed by atoms with van der Waals surface area (Å²) in [4.78, 5) is 13.0. The highest BCUT2D eigenvalue weighted by Gasteiger charge is 2.33. The Bertz CT molecular complexity index is 993. The van der Waals surface area contributed by atoms with Crippen molar-refractivity contribution in [1.82, 2.24) is 20.3 Å². The number of imidazole rings is 1. The lowest BCUT2D eigenvalue weighted by Gasteiger charge is -2.28. The van der Waals surface area contributed by atoms with Crippen molar-refractivity contribution in [3.8, 4) is 22.6 Å². The molecule has 0 fully saturated rings. The number of dihydropyridines is 1. The molecular weight excluding hydrogens is 296 g/mol. The largest absolute Gasteiger partial charge is 0.379 e. The molecule has 3 heterocycles. The maximum Gasteiger partial charge on any atom is 0.138 e. The third-order valence-electron chi connectivity index (χ3n) is 4.63. The first-order chi connectivity index (χ1) is 11.8. The van der Waals surface area contributed by atoms with E-state index in [1.54, 1.807) is 0 Å². The van der Waals surface area contributed by atoms with Crippen molar-refractivity contribution >= 4 is 5.57 Å². The minimum atomic E-state index is 0.0628. The molecule has 3 aromatic rings. The molecule has 0 radical (unpaired) electrons. The van der Waals surface area contributed by atoms with Gasteiger partial charge in [0.05, 0.1) is 23.1 Å². The van der Waals surface area contributed by atoms with Gasteiger partial charge in [-0.2, -0.15) is 0 Å². The number of hydrogen-bond donors (Lipinski definition) is 2. The minimum Gasteiger partial charge on any atom is -0.379 e. The first-order valence-electron chi connectivity index (χ1n) is 8.07. The lowest BCUT2D eigenvalue weighted by Crippen LogP contribution is -2.24. The van der Waals surface area contributed by atoms with Crippen LogP contribution in [0.2, 0.25) is 0 Å². The van der Waals surface area contributed by atoms with Gasteiger partial charge >= 0.3 is 0 Å². The third-order valence-corrected chi connectivity index (χ3v) is 4.63. The van der Waals surface area contributed by atoms with Crippen LogP contribution in [0.4, 0.5) is 0 Å². The first kappa shape index (κ1) is 13.3. The molecule has 1 aromatic carbocycles. The summed E-state index contributed by atoms with van der Waals surface area (Å²) in [5.41, 5.74) is 7.71. The van der Waals surface area contributed by atoms with Crippen LogP contribution in [0.25, 0.3) is 28.2 Å². The second-order valence-electron chi connectivity index (χ2n) is 6.19. The van der Waals surface area contributed by atoms with Crippen LogP contribution in [0.1, 0.15) is 23.0 Å². The summed E-state index contributed by atoms with van der Waals surface area (Å²) in [5, 5.41) is 3.41. The van der Waals surface area contributed by atoms with Crippen LogP contribution in [0.15, 0.2) is 60.9 Å². The summed E-state index contributed by atoms with van der Waals surface area (Å²) < 4.78 is 0. The molecule has 0 saturated carbocycles. The number of pyridine rings is 1. The molecule has 5 rings (SSSR count). The number of nitrogens with zero attached hydrogens (tertiary/aromatic N) is 2. The van der Waals surface area contributed by atoms with Crippen molar-refractivity contribution in [1.29, 1.82) is 0 Å². The number of aromatic nitrogens is 3. The molecule has 0 bridgehead atoms. The number of fused-ring (bicyclic) bond motifs is 6. The maximum atomic E-state index is 4.91. The average molecular weight is 312 g/mol. The normalized spacial score (nSPS) is 17.4. The zero-order chi connectivity index (χ0) is 16.1. The van der Waals surface area contributed by atoms with E-state index in [-0.39, 0.29) is 6.04 Å². The number of aryl methyl sites for hydroxylation is 1. The highest BCUT2D eigenvalue weighted by molar-refractivity contribution is 5.89. The van der Waals surface area contributed by atoms with Gasteiger partial charge in [-0.3, -0.25) is 4.98 Å². The van der Waals surface area contributed by atoms with Crippen LogP contribution in [0.5, 0.6) is 0 Å². The van der Waals surface area contributed by atoms with Gasteiger partial charge in [0, 0.05) is 22.9 Å². The molecule has 2 aromatic heterocycles. The van der Waals surface area contributed by atoms with E-state index in [0.29, 0.717) is 0 Å². The van der Waals surface area contributed by atoms with Gasteiger partial charge in [-0.1, -0.05) is 35.9 Å². The number of rotatable bonds is 1. The zero-order valence-electron chi connectivity index (χ0n) is 13.2. The molecule has 0 saturated heterocycles. The second kappa shape index (κ2) is 4.93. The van der Waals surface area contributed by atoms with Gasteiger partial charge in [0.15, 0.2) is 0 Å². The van der Waals surface area contributed by atoms with Gasteiger partial charge in [-0.05, 0) is 31.3 Å². The molecule has 1 atom stereocenters. The number of nitrogens with one attached hydrogen (secondary N) is 2. The summed E-state index contributed by atoms with van der Waals surface area (Å²) in [6.07, 6.45) is 7.95. The summed E-state index contributed by atoms with van der Waals surface area (Å²) in [6.45, 7) is 2.09. The summed E-state index contributed by atoms with van der Waals surface area (Å²) in [6, 6.07) is 12.6. The Hall–Kier alpha value is -3.14. The van der Waals surface area contributed by atoms with Crippen LogP contribution < -0.4 is 5.32 Å². The minimum absolute atomic E-state index is 0.0628. The summed E-state index contributed by atoms with van der Waals surface area (Å²) in [5.74, 6) is 0.894. The van der Waals surface area contributed by atoms with Gasteiger partial charge in [0.25, 0.3) is 0 Å². The quantitative estimate of drug-likeness (QED) is 0.714. The van der Waals surface area contributed by atoms with Crippen LogP contribution in [-0.2, 0) is 0 Å². The second-order valence-corrected chi connectivity index (χ2v) is 6.19.